The monoisotopic (exact) mass is 407 g/mol. The van der Waals surface area contributed by atoms with Crippen LogP contribution in [-0.4, -0.2) is 44.3 Å². The highest BCUT2D eigenvalue weighted by Gasteiger charge is 2.29. The van der Waals surface area contributed by atoms with Gasteiger partial charge in [-0.3, -0.25) is 14.4 Å². The molecule has 0 saturated heterocycles. The van der Waals surface area contributed by atoms with Crippen LogP contribution in [0.3, 0.4) is 0 Å². The molecular formula is C18H25N5O6. The average molecular weight is 407 g/mol. The molecule has 0 aliphatic carbocycles. The standard InChI is InChI=1S/C12H16N4O4.C6H9NO2/c1-11(7-13,5-3-9(17)18)15-16-12(2,8-14)6-4-10(19)20;1-5(4-7)2-3-6(8)9/h3-6H2,1-2H3,(H,17,18)(H,19,20);5H,2-3H2,1H3,(H,8,9). The van der Waals surface area contributed by atoms with Crippen molar-refractivity contribution in [2.75, 3.05) is 0 Å². The van der Waals surface area contributed by atoms with E-state index in [4.69, 9.17) is 31.1 Å². The molecule has 0 aliphatic rings. The first-order chi connectivity index (χ1) is 13.3. The number of carboxylic acids is 3. The molecule has 29 heavy (non-hydrogen) atoms. The van der Waals surface area contributed by atoms with Crippen LogP contribution in [0.4, 0.5) is 0 Å². The van der Waals surface area contributed by atoms with Gasteiger partial charge >= 0.3 is 17.9 Å². The van der Waals surface area contributed by atoms with Crippen molar-refractivity contribution in [1.29, 1.82) is 15.8 Å². The van der Waals surface area contributed by atoms with Crippen LogP contribution in [0, 0.1) is 39.9 Å². The Morgan fingerprint density at radius 3 is 1.41 bits per heavy atom. The third kappa shape index (κ3) is 15.3. The zero-order chi connectivity index (χ0) is 23.1. The lowest BCUT2D eigenvalue weighted by molar-refractivity contribution is -0.138. The fourth-order valence-corrected chi connectivity index (χ4v) is 1.58. The largest absolute Gasteiger partial charge is 0.481 e. The maximum Gasteiger partial charge on any atom is 0.303 e. The zero-order valence-corrected chi connectivity index (χ0v) is 16.6. The third-order valence-corrected chi connectivity index (χ3v) is 3.64. The molecule has 11 nitrogen and oxygen atoms in total. The Morgan fingerprint density at radius 2 is 1.17 bits per heavy atom. The van der Waals surface area contributed by atoms with Crippen molar-refractivity contribution in [2.24, 2.45) is 16.1 Å². The first-order valence-electron chi connectivity index (χ1n) is 8.64. The van der Waals surface area contributed by atoms with E-state index in [2.05, 4.69) is 10.2 Å². The van der Waals surface area contributed by atoms with Gasteiger partial charge in [-0.05, 0) is 40.0 Å². The molecule has 0 saturated carbocycles. The summed E-state index contributed by atoms with van der Waals surface area (Å²) in [7, 11) is 0. The average Bonchev–Trinajstić information content (AvgIpc) is 2.67. The summed E-state index contributed by atoms with van der Waals surface area (Å²) in [5.74, 6) is -3.09. The summed E-state index contributed by atoms with van der Waals surface area (Å²) in [6.07, 6.45) is -0.0327. The van der Waals surface area contributed by atoms with Crippen LogP contribution in [-0.2, 0) is 14.4 Å². The topological polar surface area (TPSA) is 208 Å². The number of nitrogens with zero attached hydrogens (tertiary/aromatic N) is 5. The molecule has 0 fully saturated rings. The van der Waals surface area contributed by atoms with Gasteiger partial charge in [0.25, 0.3) is 0 Å². The molecule has 3 N–H and O–H groups in total. The molecule has 0 aromatic rings. The third-order valence-electron chi connectivity index (χ3n) is 3.64. The fourth-order valence-electron chi connectivity index (χ4n) is 1.58. The molecule has 11 heteroatoms. The molecule has 0 amide bonds. The Kier molecular flexibility index (Phi) is 13.0. The van der Waals surface area contributed by atoms with Gasteiger partial charge in [-0.1, -0.05) is 0 Å². The number of carboxylic acid groups (broad SMARTS) is 3. The number of azo groups is 1. The Balaban J connectivity index is 0. The predicted molar refractivity (Wildman–Crippen MR) is 98.3 cm³/mol. The summed E-state index contributed by atoms with van der Waals surface area (Å²) < 4.78 is 0. The summed E-state index contributed by atoms with van der Waals surface area (Å²) >= 11 is 0. The zero-order valence-electron chi connectivity index (χ0n) is 16.6. The summed E-state index contributed by atoms with van der Waals surface area (Å²) in [5.41, 5.74) is -2.69. The van der Waals surface area contributed by atoms with Crippen molar-refractivity contribution in [3.05, 3.63) is 0 Å². The summed E-state index contributed by atoms with van der Waals surface area (Å²) in [6.45, 7) is 4.53. The molecule has 3 unspecified atom stereocenters. The van der Waals surface area contributed by atoms with Gasteiger partial charge in [0, 0.05) is 25.2 Å². The highest BCUT2D eigenvalue weighted by molar-refractivity contribution is 5.67. The van der Waals surface area contributed by atoms with Gasteiger partial charge in [0.05, 0.1) is 18.2 Å². The first kappa shape index (κ1) is 27.7. The normalized spacial score (nSPS) is 15.2. The van der Waals surface area contributed by atoms with Crippen molar-refractivity contribution < 1.29 is 29.7 Å². The second-order valence-corrected chi connectivity index (χ2v) is 6.72. The van der Waals surface area contributed by atoms with Crippen LogP contribution in [0.25, 0.3) is 0 Å². The minimum absolute atomic E-state index is 0.0389. The molecule has 0 heterocycles. The predicted octanol–water partition coefficient (Wildman–Crippen LogP) is 2.74. The van der Waals surface area contributed by atoms with Crippen LogP contribution < -0.4 is 0 Å². The van der Waals surface area contributed by atoms with Gasteiger partial charge in [-0.15, -0.1) is 0 Å². The summed E-state index contributed by atoms with van der Waals surface area (Å²) in [6, 6.07) is 5.65. The number of hydrogen-bond donors (Lipinski definition) is 3. The van der Waals surface area contributed by atoms with Gasteiger partial charge in [0.15, 0.2) is 11.1 Å². The molecule has 0 aromatic carbocycles. The van der Waals surface area contributed by atoms with E-state index in [0.29, 0.717) is 6.42 Å². The van der Waals surface area contributed by atoms with E-state index in [-0.39, 0.29) is 38.0 Å². The number of rotatable bonds is 11. The lowest BCUT2D eigenvalue weighted by Gasteiger charge is -2.18. The van der Waals surface area contributed by atoms with Crippen LogP contribution >= 0.6 is 0 Å². The highest BCUT2D eigenvalue weighted by atomic mass is 16.4. The molecule has 0 aromatic heterocycles. The highest BCUT2D eigenvalue weighted by Crippen LogP contribution is 2.23. The van der Waals surface area contributed by atoms with Gasteiger partial charge in [-0.2, -0.15) is 26.0 Å². The van der Waals surface area contributed by atoms with Crippen molar-refractivity contribution in [2.45, 2.75) is 70.4 Å². The van der Waals surface area contributed by atoms with Gasteiger partial charge in [0.1, 0.15) is 0 Å². The minimum atomic E-state index is -1.35. The lowest BCUT2D eigenvalue weighted by Crippen LogP contribution is -2.25. The molecule has 0 rings (SSSR count). The Hall–Kier alpha value is -3.52. The molecule has 0 radical (unpaired) electrons. The van der Waals surface area contributed by atoms with Gasteiger partial charge < -0.3 is 15.3 Å². The Labute approximate surface area is 168 Å². The lowest BCUT2D eigenvalue weighted by atomic mass is 9.97. The van der Waals surface area contributed by atoms with E-state index in [0.717, 1.165) is 0 Å². The fraction of sp³-hybridized carbons (Fsp3) is 0.667. The second kappa shape index (κ2) is 13.6. The molecule has 3 atom stereocenters. The van der Waals surface area contributed by atoms with Gasteiger partial charge in [0.2, 0.25) is 0 Å². The molecule has 0 bridgehead atoms. The van der Waals surface area contributed by atoms with Crippen molar-refractivity contribution in [3.63, 3.8) is 0 Å². The molecule has 0 aliphatic heterocycles. The SMILES string of the molecule is CC(C#N)(CCC(=O)O)N=NC(C)(C#N)CCC(=O)O.CC(C#N)CCC(=O)O. The molecule has 0 spiro atoms. The minimum Gasteiger partial charge on any atom is -0.481 e. The number of hydrogen-bond acceptors (Lipinski definition) is 8. The molecule has 158 valence electrons. The van der Waals surface area contributed by atoms with E-state index in [9.17, 15) is 14.4 Å². The van der Waals surface area contributed by atoms with Crippen molar-refractivity contribution in [3.8, 4) is 18.2 Å². The van der Waals surface area contributed by atoms with Crippen LogP contribution in [0.2, 0.25) is 0 Å². The number of carbonyl (C=O) groups is 3. The van der Waals surface area contributed by atoms with Crippen molar-refractivity contribution in [1.82, 2.24) is 0 Å². The maximum absolute atomic E-state index is 10.5. The van der Waals surface area contributed by atoms with E-state index in [1.807, 2.05) is 18.2 Å². The van der Waals surface area contributed by atoms with E-state index < -0.39 is 29.0 Å². The maximum atomic E-state index is 10.5. The summed E-state index contributed by atoms with van der Waals surface area (Å²) in [4.78, 5) is 30.9. The van der Waals surface area contributed by atoms with E-state index in [1.54, 1.807) is 6.92 Å². The smallest absolute Gasteiger partial charge is 0.303 e. The van der Waals surface area contributed by atoms with Crippen LogP contribution in [0.15, 0.2) is 10.2 Å². The number of aliphatic carboxylic acids is 3. The summed E-state index contributed by atoms with van der Waals surface area (Å²) in [5, 5.41) is 59.1. The van der Waals surface area contributed by atoms with Gasteiger partial charge in [-0.25, -0.2) is 0 Å². The Morgan fingerprint density at radius 1 is 0.828 bits per heavy atom. The van der Waals surface area contributed by atoms with Crippen LogP contribution in [0.5, 0.6) is 0 Å². The van der Waals surface area contributed by atoms with Crippen molar-refractivity contribution >= 4 is 17.9 Å². The quantitative estimate of drug-likeness (QED) is 0.429. The first-order valence-corrected chi connectivity index (χ1v) is 8.64. The second-order valence-electron chi connectivity index (χ2n) is 6.72. The van der Waals surface area contributed by atoms with E-state index >= 15 is 0 Å². The Bertz CT molecular complexity index is 688. The molecular weight excluding hydrogens is 382 g/mol. The number of nitriles is 3. The van der Waals surface area contributed by atoms with E-state index in [1.165, 1.54) is 13.8 Å². The van der Waals surface area contributed by atoms with Crippen LogP contribution in [0.1, 0.15) is 59.3 Å².